The summed E-state index contributed by atoms with van der Waals surface area (Å²) in [5.41, 5.74) is 1.32. The van der Waals surface area contributed by atoms with Gasteiger partial charge in [0.15, 0.2) is 0 Å². The van der Waals surface area contributed by atoms with Gasteiger partial charge < -0.3 is 10.2 Å². The number of nitrogens with zero attached hydrogens (tertiary/aromatic N) is 1. The van der Waals surface area contributed by atoms with Crippen molar-refractivity contribution in [1.29, 1.82) is 0 Å². The van der Waals surface area contributed by atoms with Crippen molar-refractivity contribution in [2.24, 2.45) is 11.8 Å². The summed E-state index contributed by atoms with van der Waals surface area (Å²) < 4.78 is 0. The molecule has 1 aromatic carbocycles. The summed E-state index contributed by atoms with van der Waals surface area (Å²) in [5, 5.41) is 3.64. The van der Waals surface area contributed by atoms with Crippen molar-refractivity contribution in [3.63, 3.8) is 0 Å². The molecule has 21 heavy (non-hydrogen) atoms. The third kappa shape index (κ3) is 3.46. The monoisotopic (exact) mass is 286 g/mol. The predicted octanol–water partition coefficient (Wildman–Crippen LogP) is 2.46. The second kappa shape index (κ2) is 6.18. The van der Waals surface area contributed by atoms with Gasteiger partial charge in [-0.3, -0.25) is 4.79 Å². The van der Waals surface area contributed by atoms with E-state index < -0.39 is 0 Å². The van der Waals surface area contributed by atoms with Crippen LogP contribution in [0.1, 0.15) is 32.3 Å². The first-order valence-electron chi connectivity index (χ1n) is 8.23. The largest absolute Gasteiger partial charge is 0.336 e. The van der Waals surface area contributed by atoms with Crippen LogP contribution in [0.5, 0.6) is 0 Å². The molecule has 1 heterocycles. The molecule has 2 atom stereocenters. The van der Waals surface area contributed by atoms with Crippen molar-refractivity contribution < 1.29 is 4.79 Å². The van der Waals surface area contributed by atoms with Gasteiger partial charge in [0, 0.05) is 31.1 Å². The molecule has 1 saturated heterocycles. The van der Waals surface area contributed by atoms with Crippen LogP contribution in [0.2, 0.25) is 0 Å². The summed E-state index contributed by atoms with van der Waals surface area (Å²) in [6.07, 6.45) is 3.14. The number of rotatable bonds is 4. The molecule has 3 heteroatoms. The molecule has 1 amide bonds. The van der Waals surface area contributed by atoms with E-state index in [0.29, 0.717) is 29.8 Å². The Balaban J connectivity index is 1.72. The molecule has 3 rings (SSSR count). The maximum absolute atomic E-state index is 12.6. The van der Waals surface area contributed by atoms with E-state index in [1.807, 2.05) is 6.07 Å². The van der Waals surface area contributed by atoms with Crippen molar-refractivity contribution in [1.82, 2.24) is 10.2 Å². The Morgan fingerprint density at radius 1 is 1.29 bits per heavy atom. The molecule has 0 spiro atoms. The molecule has 1 aliphatic carbocycles. The van der Waals surface area contributed by atoms with Crippen molar-refractivity contribution >= 4 is 5.91 Å². The van der Waals surface area contributed by atoms with Gasteiger partial charge in [-0.15, -0.1) is 0 Å². The van der Waals surface area contributed by atoms with Gasteiger partial charge >= 0.3 is 0 Å². The first-order chi connectivity index (χ1) is 10.1. The SMILES string of the molecule is CC(C)C1CN(C(=O)C2CC2)C(Cc2ccccc2)CN1. The van der Waals surface area contributed by atoms with E-state index in [1.165, 1.54) is 5.56 Å². The molecule has 0 aromatic heterocycles. The van der Waals surface area contributed by atoms with Crippen LogP contribution in [-0.4, -0.2) is 36.0 Å². The smallest absolute Gasteiger partial charge is 0.226 e. The average Bonchev–Trinajstić information content (AvgIpc) is 3.32. The Bertz CT molecular complexity index is 481. The number of nitrogens with one attached hydrogen (secondary N) is 1. The van der Waals surface area contributed by atoms with Crippen LogP contribution >= 0.6 is 0 Å². The fraction of sp³-hybridized carbons (Fsp3) is 0.611. The number of benzene rings is 1. The van der Waals surface area contributed by atoms with Gasteiger partial charge in [0.25, 0.3) is 0 Å². The van der Waals surface area contributed by atoms with E-state index >= 15 is 0 Å². The van der Waals surface area contributed by atoms with Crippen LogP contribution < -0.4 is 5.32 Å². The van der Waals surface area contributed by atoms with Crippen molar-refractivity contribution in [3.05, 3.63) is 35.9 Å². The predicted molar refractivity (Wildman–Crippen MR) is 85.0 cm³/mol. The van der Waals surface area contributed by atoms with Gasteiger partial charge in [-0.25, -0.2) is 0 Å². The summed E-state index contributed by atoms with van der Waals surface area (Å²) in [6.45, 7) is 6.24. The minimum atomic E-state index is 0.301. The van der Waals surface area contributed by atoms with Gasteiger partial charge in [-0.05, 0) is 30.7 Å². The molecular weight excluding hydrogens is 260 g/mol. The zero-order valence-corrected chi connectivity index (χ0v) is 13.1. The molecule has 3 nitrogen and oxygen atoms in total. The third-order valence-electron chi connectivity index (χ3n) is 4.78. The highest BCUT2D eigenvalue weighted by Gasteiger charge is 2.39. The first kappa shape index (κ1) is 14.6. The summed E-state index contributed by atoms with van der Waals surface area (Å²) in [4.78, 5) is 14.8. The highest BCUT2D eigenvalue weighted by molar-refractivity contribution is 5.81. The molecule has 1 aliphatic heterocycles. The lowest BCUT2D eigenvalue weighted by molar-refractivity contribution is -0.136. The average molecular weight is 286 g/mol. The highest BCUT2D eigenvalue weighted by Crippen LogP contribution is 2.33. The zero-order chi connectivity index (χ0) is 14.8. The third-order valence-corrected chi connectivity index (χ3v) is 4.78. The van der Waals surface area contributed by atoms with E-state index in [0.717, 1.165) is 32.4 Å². The van der Waals surface area contributed by atoms with Crippen LogP contribution in [0.15, 0.2) is 30.3 Å². The fourth-order valence-electron chi connectivity index (χ4n) is 3.17. The molecule has 1 aromatic rings. The van der Waals surface area contributed by atoms with Crippen molar-refractivity contribution in [3.8, 4) is 0 Å². The first-order valence-corrected chi connectivity index (χ1v) is 8.23. The van der Waals surface area contributed by atoms with E-state index in [2.05, 4.69) is 48.3 Å². The number of amides is 1. The number of piperazine rings is 1. The molecule has 2 unspecified atom stereocenters. The number of hydrogen-bond acceptors (Lipinski definition) is 2. The number of hydrogen-bond donors (Lipinski definition) is 1. The lowest BCUT2D eigenvalue weighted by atomic mass is 9.95. The molecular formula is C18H26N2O. The summed E-state index contributed by atoms with van der Waals surface area (Å²) in [6, 6.07) is 11.3. The maximum atomic E-state index is 12.6. The summed E-state index contributed by atoms with van der Waals surface area (Å²) in [5.74, 6) is 1.27. The lowest BCUT2D eigenvalue weighted by Gasteiger charge is -2.42. The Labute approximate surface area is 127 Å². The normalized spacial score (nSPS) is 26.1. The van der Waals surface area contributed by atoms with E-state index in [-0.39, 0.29) is 0 Å². The zero-order valence-electron chi connectivity index (χ0n) is 13.1. The molecule has 1 N–H and O–H groups in total. The van der Waals surface area contributed by atoms with Gasteiger partial charge in [0.2, 0.25) is 5.91 Å². The molecule has 0 bridgehead atoms. The van der Waals surface area contributed by atoms with Crippen LogP contribution in [-0.2, 0) is 11.2 Å². The second-order valence-corrected chi connectivity index (χ2v) is 6.87. The summed E-state index contributed by atoms with van der Waals surface area (Å²) >= 11 is 0. The topological polar surface area (TPSA) is 32.3 Å². The molecule has 1 saturated carbocycles. The second-order valence-electron chi connectivity index (χ2n) is 6.87. The van der Waals surface area contributed by atoms with Crippen LogP contribution in [0.3, 0.4) is 0 Å². The minimum Gasteiger partial charge on any atom is -0.336 e. The number of carbonyl (C=O) groups excluding carboxylic acids is 1. The molecule has 0 radical (unpaired) electrons. The highest BCUT2D eigenvalue weighted by atomic mass is 16.2. The van der Waals surface area contributed by atoms with Crippen molar-refractivity contribution in [2.45, 2.75) is 45.2 Å². The van der Waals surface area contributed by atoms with Crippen LogP contribution in [0, 0.1) is 11.8 Å². The standard InChI is InChI=1S/C18H26N2O/c1-13(2)17-12-20(18(21)15-8-9-15)16(11-19-17)10-14-6-4-3-5-7-14/h3-7,13,15-17,19H,8-12H2,1-2H3. The van der Waals surface area contributed by atoms with Gasteiger partial charge in [0.1, 0.15) is 0 Å². The van der Waals surface area contributed by atoms with Crippen LogP contribution in [0.4, 0.5) is 0 Å². The summed E-state index contributed by atoms with van der Waals surface area (Å²) in [7, 11) is 0. The molecule has 114 valence electrons. The van der Waals surface area contributed by atoms with E-state index in [9.17, 15) is 4.79 Å². The van der Waals surface area contributed by atoms with Gasteiger partial charge in [0.05, 0.1) is 0 Å². The van der Waals surface area contributed by atoms with Crippen molar-refractivity contribution in [2.75, 3.05) is 13.1 Å². The van der Waals surface area contributed by atoms with E-state index in [1.54, 1.807) is 0 Å². The Morgan fingerprint density at radius 2 is 2.00 bits per heavy atom. The Morgan fingerprint density at radius 3 is 2.62 bits per heavy atom. The maximum Gasteiger partial charge on any atom is 0.226 e. The number of carbonyl (C=O) groups is 1. The lowest BCUT2D eigenvalue weighted by Crippen LogP contribution is -2.60. The Hall–Kier alpha value is -1.35. The van der Waals surface area contributed by atoms with Gasteiger partial charge in [-0.2, -0.15) is 0 Å². The minimum absolute atomic E-state index is 0.301. The molecule has 2 fully saturated rings. The Kier molecular flexibility index (Phi) is 4.29. The quantitative estimate of drug-likeness (QED) is 0.922. The van der Waals surface area contributed by atoms with E-state index in [4.69, 9.17) is 0 Å². The van der Waals surface area contributed by atoms with Crippen LogP contribution in [0.25, 0.3) is 0 Å². The molecule has 2 aliphatic rings. The fourth-order valence-corrected chi connectivity index (χ4v) is 3.17. The van der Waals surface area contributed by atoms with Gasteiger partial charge in [-0.1, -0.05) is 44.2 Å².